The molecule has 0 bridgehead atoms. The van der Waals surface area contributed by atoms with E-state index in [1.807, 2.05) is 60.7 Å². The molecule has 0 fully saturated rings. The van der Waals surface area contributed by atoms with Crippen LogP contribution in [-0.4, -0.2) is 9.97 Å². The lowest BCUT2D eigenvalue weighted by molar-refractivity contribution is 1.23. The van der Waals surface area contributed by atoms with E-state index in [4.69, 9.17) is 0 Å². The Morgan fingerprint density at radius 2 is 1.09 bits per heavy atom. The summed E-state index contributed by atoms with van der Waals surface area (Å²) in [6, 6.07) is 19.6. The Hall–Kier alpha value is -3.14. The number of hydrogen-bond donors (Lipinski definition) is 0. The molecule has 0 spiro atoms. The second-order valence-corrected chi connectivity index (χ2v) is 4.96. The number of benzene rings is 2. The predicted molar refractivity (Wildman–Crippen MR) is 87.7 cm³/mol. The van der Waals surface area contributed by atoms with Gasteiger partial charge in [-0.15, -0.1) is 0 Å². The van der Waals surface area contributed by atoms with E-state index in [1.54, 1.807) is 12.4 Å². The summed E-state index contributed by atoms with van der Waals surface area (Å²) in [5, 5.41) is 10.7. The summed E-state index contributed by atoms with van der Waals surface area (Å²) in [6.07, 6.45) is 3.57. The van der Waals surface area contributed by atoms with Crippen molar-refractivity contribution in [1.82, 2.24) is 9.97 Å². The van der Waals surface area contributed by atoms with Crippen LogP contribution in [0.4, 0.5) is 11.4 Å². The van der Waals surface area contributed by atoms with Crippen LogP contribution in [-0.2, 0) is 0 Å². The lowest BCUT2D eigenvalue weighted by Crippen LogP contribution is -1.76. The third-order valence-corrected chi connectivity index (χ3v) is 3.45. The first-order valence-corrected chi connectivity index (χ1v) is 7.00. The maximum atomic E-state index is 4.31. The molecule has 0 aliphatic carbocycles. The molecule has 2 heterocycles. The first kappa shape index (κ1) is 12.6. The number of nitrogens with zero attached hydrogens (tertiary/aromatic N) is 4. The third kappa shape index (κ3) is 2.42. The summed E-state index contributed by atoms with van der Waals surface area (Å²) in [7, 11) is 0. The Kier molecular flexibility index (Phi) is 3.05. The monoisotopic (exact) mass is 284 g/mol. The zero-order valence-corrected chi connectivity index (χ0v) is 11.7. The molecule has 0 amide bonds. The zero-order chi connectivity index (χ0) is 14.8. The molecule has 0 N–H and O–H groups in total. The molecule has 4 aromatic rings. The minimum absolute atomic E-state index is 0.812. The molecule has 0 saturated heterocycles. The second-order valence-electron chi connectivity index (χ2n) is 4.96. The number of aromatic nitrogens is 2. The van der Waals surface area contributed by atoms with Gasteiger partial charge in [0, 0.05) is 23.2 Å². The van der Waals surface area contributed by atoms with Gasteiger partial charge in [0.1, 0.15) is 0 Å². The Labute approximate surface area is 127 Å². The highest BCUT2D eigenvalue weighted by molar-refractivity contribution is 5.82. The summed E-state index contributed by atoms with van der Waals surface area (Å²) < 4.78 is 0. The van der Waals surface area contributed by atoms with Crippen molar-refractivity contribution in [2.75, 3.05) is 0 Å². The highest BCUT2D eigenvalue weighted by Crippen LogP contribution is 2.24. The predicted octanol–water partition coefficient (Wildman–Crippen LogP) is 5.20. The van der Waals surface area contributed by atoms with Crippen LogP contribution < -0.4 is 0 Å². The molecule has 4 nitrogen and oxygen atoms in total. The quantitative estimate of drug-likeness (QED) is 0.475. The molecule has 2 aromatic carbocycles. The molecular formula is C18H12N4. The first-order chi connectivity index (χ1) is 10.9. The Morgan fingerprint density at radius 3 is 1.59 bits per heavy atom. The lowest BCUT2D eigenvalue weighted by Gasteiger charge is -1.99. The van der Waals surface area contributed by atoms with E-state index in [2.05, 4.69) is 20.2 Å². The van der Waals surface area contributed by atoms with Gasteiger partial charge in [-0.05, 0) is 48.5 Å². The topological polar surface area (TPSA) is 50.5 Å². The van der Waals surface area contributed by atoms with Gasteiger partial charge in [-0.1, -0.05) is 12.1 Å². The van der Waals surface area contributed by atoms with Gasteiger partial charge in [0.2, 0.25) is 0 Å². The fourth-order valence-electron chi connectivity index (χ4n) is 2.37. The fraction of sp³-hybridized carbons (Fsp3) is 0. The van der Waals surface area contributed by atoms with Crippen LogP contribution >= 0.6 is 0 Å². The van der Waals surface area contributed by atoms with E-state index in [1.165, 1.54) is 0 Å². The van der Waals surface area contributed by atoms with Crippen LogP contribution in [0.3, 0.4) is 0 Å². The average molecular weight is 284 g/mol. The first-order valence-electron chi connectivity index (χ1n) is 7.00. The summed E-state index contributed by atoms with van der Waals surface area (Å²) in [6.45, 7) is 0. The largest absolute Gasteiger partial charge is 0.256 e. The number of fused-ring (bicyclic) bond motifs is 2. The Bertz CT molecular complexity index is 911. The number of rotatable bonds is 2. The molecule has 0 radical (unpaired) electrons. The molecule has 0 unspecified atom stereocenters. The van der Waals surface area contributed by atoms with Crippen molar-refractivity contribution in [2.45, 2.75) is 0 Å². The molecule has 0 aliphatic rings. The van der Waals surface area contributed by atoms with E-state index >= 15 is 0 Å². The standard InChI is InChI=1S/C18H12N4/c1-3-13-11-15(5-7-17(13)19-9-1)21-22-16-6-8-18-14(12-16)4-2-10-20-18/h1-12H. The van der Waals surface area contributed by atoms with E-state index < -0.39 is 0 Å². The smallest absolute Gasteiger partial charge is 0.0864 e. The molecule has 0 aliphatic heterocycles. The van der Waals surface area contributed by atoms with Crippen molar-refractivity contribution in [2.24, 2.45) is 10.2 Å². The molecular weight excluding hydrogens is 272 g/mol. The van der Waals surface area contributed by atoms with Crippen LogP contribution in [0.1, 0.15) is 0 Å². The van der Waals surface area contributed by atoms with Gasteiger partial charge in [-0.2, -0.15) is 10.2 Å². The van der Waals surface area contributed by atoms with Crippen LogP contribution in [0.2, 0.25) is 0 Å². The number of hydrogen-bond acceptors (Lipinski definition) is 4. The molecule has 4 heteroatoms. The minimum Gasteiger partial charge on any atom is -0.256 e. The van der Waals surface area contributed by atoms with Crippen molar-refractivity contribution in [1.29, 1.82) is 0 Å². The summed E-state index contributed by atoms with van der Waals surface area (Å²) in [5.41, 5.74) is 3.54. The zero-order valence-electron chi connectivity index (χ0n) is 11.7. The second kappa shape index (κ2) is 5.33. The molecule has 4 rings (SSSR count). The number of pyridine rings is 2. The van der Waals surface area contributed by atoms with Gasteiger partial charge in [0.15, 0.2) is 0 Å². The van der Waals surface area contributed by atoms with Crippen molar-refractivity contribution < 1.29 is 0 Å². The molecule has 22 heavy (non-hydrogen) atoms. The van der Waals surface area contributed by atoms with Gasteiger partial charge < -0.3 is 0 Å². The van der Waals surface area contributed by atoms with Gasteiger partial charge in [-0.25, -0.2) is 0 Å². The summed E-state index contributed by atoms with van der Waals surface area (Å²) in [5.74, 6) is 0. The van der Waals surface area contributed by atoms with Gasteiger partial charge in [0.05, 0.1) is 22.4 Å². The van der Waals surface area contributed by atoms with E-state index in [9.17, 15) is 0 Å². The normalized spacial score (nSPS) is 11.5. The van der Waals surface area contributed by atoms with Gasteiger partial charge >= 0.3 is 0 Å². The van der Waals surface area contributed by atoms with Crippen LogP contribution in [0.25, 0.3) is 21.8 Å². The fourth-order valence-corrected chi connectivity index (χ4v) is 2.37. The average Bonchev–Trinajstić information content (AvgIpc) is 2.59. The summed E-state index contributed by atoms with van der Waals surface area (Å²) in [4.78, 5) is 8.59. The van der Waals surface area contributed by atoms with E-state index in [0.717, 1.165) is 33.2 Å². The van der Waals surface area contributed by atoms with E-state index in [0.29, 0.717) is 0 Å². The van der Waals surface area contributed by atoms with Gasteiger partial charge in [-0.3, -0.25) is 9.97 Å². The maximum absolute atomic E-state index is 4.31. The van der Waals surface area contributed by atoms with E-state index in [-0.39, 0.29) is 0 Å². The van der Waals surface area contributed by atoms with Crippen molar-refractivity contribution in [3.63, 3.8) is 0 Å². The van der Waals surface area contributed by atoms with Crippen LogP contribution in [0.5, 0.6) is 0 Å². The third-order valence-electron chi connectivity index (χ3n) is 3.45. The van der Waals surface area contributed by atoms with Crippen LogP contribution in [0.15, 0.2) is 83.3 Å². The molecule has 2 aromatic heterocycles. The lowest BCUT2D eigenvalue weighted by atomic mass is 10.2. The molecule has 0 saturated carbocycles. The van der Waals surface area contributed by atoms with Crippen molar-refractivity contribution in [3.8, 4) is 0 Å². The Balaban J connectivity index is 1.68. The number of azo groups is 1. The highest BCUT2D eigenvalue weighted by Gasteiger charge is 1.98. The minimum atomic E-state index is 0.812. The van der Waals surface area contributed by atoms with Crippen molar-refractivity contribution in [3.05, 3.63) is 73.1 Å². The SMILES string of the molecule is c1cnc2ccc(N=Nc3ccc4ncccc4c3)cc2c1. The summed E-state index contributed by atoms with van der Waals surface area (Å²) >= 11 is 0. The molecule has 104 valence electrons. The van der Waals surface area contributed by atoms with Crippen LogP contribution in [0, 0.1) is 0 Å². The van der Waals surface area contributed by atoms with Crippen molar-refractivity contribution >= 4 is 33.2 Å². The van der Waals surface area contributed by atoms with Gasteiger partial charge in [0.25, 0.3) is 0 Å². The Morgan fingerprint density at radius 1 is 0.591 bits per heavy atom. The molecule has 0 atom stereocenters. The highest BCUT2D eigenvalue weighted by atomic mass is 15.1. The maximum Gasteiger partial charge on any atom is 0.0864 e.